The van der Waals surface area contributed by atoms with Gasteiger partial charge in [0.1, 0.15) is 11.2 Å². The van der Waals surface area contributed by atoms with Crippen LogP contribution in [-0.4, -0.2) is 9.97 Å². The number of furan rings is 2. The van der Waals surface area contributed by atoms with Crippen LogP contribution in [0.5, 0.6) is 0 Å². The molecule has 0 unspecified atom stereocenters. The van der Waals surface area contributed by atoms with Gasteiger partial charge in [-0.2, -0.15) is 4.98 Å². The number of pyridine rings is 2. The maximum Gasteiger partial charge on any atom is 0.230 e. The molecule has 0 aliphatic rings. The van der Waals surface area contributed by atoms with Crippen molar-refractivity contribution in [2.75, 3.05) is 0 Å². The zero-order valence-electron chi connectivity index (χ0n) is 20.5. The summed E-state index contributed by atoms with van der Waals surface area (Å²) >= 11 is 0. The predicted octanol–water partition coefficient (Wildman–Crippen LogP) is 6.56. The van der Waals surface area contributed by atoms with Gasteiger partial charge in [-0.15, -0.1) is 0 Å². The van der Waals surface area contributed by atoms with Crippen molar-refractivity contribution in [2.45, 2.75) is 13.7 Å². The Balaban J connectivity index is 1.61. The summed E-state index contributed by atoms with van der Waals surface area (Å²) in [4.78, 5) is 8.86. The van der Waals surface area contributed by atoms with Crippen molar-refractivity contribution in [1.82, 2.24) is 9.97 Å². The van der Waals surface area contributed by atoms with Crippen LogP contribution in [0.4, 0.5) is 0 Å². The Kier molecular flexibility index (Phi) is 2.06. The van der Waals surface area contributed by atoms with Crippen molar-refractivity contribution in [3.8, 4) is 11.3 Å². The zero-order valence-corrected chi connectivity index (χ0v) is 14.5. The van der Waals surface area contributed by atoms with Crippen LogP contribution in [0.15, 0.2) is 69.6 Å². The molecule has 4 nitrogen and oxygen atoms in total. The van der Waals surface area contributed by atoms with E-state index in [-0.39, 0.29) is 11.1 Å². The van der Waals surface area contributed by atoms with Crippen molar-refractivity contribution < 1.29 is 17.1 Å². The molecule has 0 spiro atoms. The molecule has 6 rings (SSSR count). The van der Waals surface area contributed by atoms with E-state index >= 15 is 0 Å². The molecule has 0 saturated carbocycles. The van der Waals surface area contributed by atoms with Crippen LogP contribution < -0.4 is 0 Å². The minimum absolute atomic E-state index is 0.257. The monoisotopic (exact) mass is 370 g/mol. The Morgan fingerprint density at radius 3 is 2.54 bits per heavy atom. The Hall–Kier alpha value is -3.66. The number of hydrogen-bond donors (Lipinski definition) is 0. The van der Waals surface area contributed by atoms with E-state index in [2.05, 4.69) is 9.97 Å². The van der Waals surface area contributed by atoms with Crippen molar-refractivity contribution >= 4 is 44.1 Å². The standard InChI is InChI=1S/C24H16N2O2/c1-13-10-20(25-12-14(13)2)17-8-5-7-16-19-11-18-15-6-3-4-9-21(15)27-23(18)26-24(19)28-22(16)17/h3-12H,1-2H3/i1D3,2D3. The second kappa shape index (κ2) is 5.42. The fraction of sp³-hybridized carbons (Fsp3) is 0.0833. The van der Waals surface area contributed by atoms with Gasteiger partial charge in [0.25, 0.3) is 0 Å². The lowest BCUT2D eigenvalue weighted by Crippen LogP contribution is -1.88. The summed E-state index contributed by atoms with van der Waals surface area (Å²) in [6, 6.07) is 16.4. The molecular weight excluding hydrogens is 348 g/mol. The van der Waals surface area contributed by atoms with Crippen LogP contribution in [0.1, 0.15) is 19.4 Å². The van der Waals surface area contributed by atoms with Gasteiger partial charge >= 0.3 is 0 Å². The number of para-hydroxylation sites is 2. The first kappa shape index (κ1) is 10.6. The van der Waals surface area contributed by atoms with E-state index in [9.17, 15) is 0 Å². The van der Waals surface area contributed by atoms with E-state index < -0.39 is 13.7 Å². The van der Waals surface area contributed by atoms with E-state index in [1.807, 2.05) is 42.5 Å². The molecule has 6 aromatic rings. The molecule has 0 aliphatic heterocycles. The molecule has 0 fully saturated rings. The second-order valence-electron chi connectivity index (χ2n) is 6.69. The van der Waals surface area contributed by atoms with Gasteiger partial charge in [0, 0.05) is 41.5 Å². The molecular formula is C24H16N2O2. The fourth-order valence-electron chi connectivity index (χ4n) is 3.66. The highest BCUT2D eigenvalue weighted by Crippen LogP contribution is 2.38. The topological polar surface area (TPSA) is 52.1 Å². The van der Waals surface area contributed by atoms with Crippen LogP contribution in [-0.2, 0) is 0 Å². The molecule has 0 N–H and O–H groups in total. The van der Waals surface area contributed by atoms with Gasteiger partial charge in [-0.05, 0) is 49.1 Å². The summed E-state index contributed by atoms with van der Waals surface area (Å²) in [5, 5.41) is 3.37. The summed E-state index contributed by atoms with van der Waals surface area (Å²) in [7, 11) is 0. The average Bonchev–Trinajstić information content (AvgIpc) is 3.33. The Bertz CT molecular complexity index is 1740. The quantitative estimate of drug-likeness (QED) is 0.329. The first-order valence-corrected chi connectivity index (χ1v) is 8.76. The summed E-state index contributed by atoms with van der Waals surface area (Å²) in [6.45, 7) is -5.21. The average molecular weight is 370 g/mol. The molecule has 0 aliphatic carbocycles. The highest BCUT2D eigenvalue weighted by Gasteiger charge is 2.17. The van der Waals surface area contributed by atoms with Crippen molar-refractivity contribution in [3.63, 3.8) is 0 Å². The van der Waals surface area contributed by atoms with E-state index in [0.717, 1.165) is 33.3 Å². The molecule has 0 amide bonds. The molecule has 2 aromatic carbocycles. The predicted molar refractivity (Wildman–Crippen MR) is 111 cm³/mol. The number of nitrogens with zero attached hydrogens (tertiary/aromatic N) is 2. The fourth-order valence-corrected chi connectivity index (χ4v) is 3.66. The van der Waals surface area contributed by atoms with Crippen molar-refractivity contribution in [1.29, 1.82) is 0 Å². The smallest absolute Gasteiger partial charge is 0.230 e. The van der Waals surface area contributed by atoms with Gasteiger partial charge < -0.3 is 8.83 Å². The summed E-state index contributed by atoms with van der Waals surface area (Å²) in [5.41, 5.74) is 2.35. The SMILES string of the molecule is [2H]C([2H])([2H])c1cnc(-c2cccc3c2oc2nc4oc5ccccc5c4cc23)cc1C([2H])([2H])[2H]. The van der Waals surface area contributed by atoms with Gasteiger partial charge in [-0.1, -0.05) is 30.3 Å². The van der Waals surface area contributed by atoms with E-state index in [0.29, 0.717) is 28.3 Å². The first-order valence-electron chi connectivity index (χ1n) is 11.8. The number of aryl methyl sites for hydroxylation is 2. The normalized spacial score (nSPS) is 16.0. The number of benzene rings is 2. The molecule has 0 radical (unpaired) electrons. The first-order chi connectivity index (χ1) is 16.1. The number of rotatable bonds is 1. The largest absolute Gasteiger partial charge is 0.438 e. The van der Waals surface area contributed by atoms with Crippen molar-refractivity contribution in [3.05, 3.63) is 71.9 Å². The highest BCUT2D eigenvalue weighted by atomic mass is 16.4. The summed E-state index contributed by atoms with van der Waals surface area (Å²) in [6.07, 6.45) is 1.11. The number of aromatic nitrogens is 2. The Morgan fingerprint density at radius 1 is 0.786 bits per heavy atom. The summed E-state index contributed by atoms with van der Waals surface area (Å²) < 4.78 is 58.6. The third kappa shape index (κ3) is 2.06. The molecule has 134 valence electrons. The molecule has 4 heteroatoms. The van der Waals surface area contributed by atoms with Crippen LogP contribution in [0.2, 0.25) is 0 Å². The lowest BCUT2D eigenvalue weighted by Gasteiger charge is -2.05. The van der Waals surface area contributed by atoms with E-state index in [1.165, 1.54) is 6.07 Å². The lowest BCUT2D eigenvalue weighted by atomic mass is 10.0. The van der Waals surface area contributed by atoms with Gasteiger partial charge in [-0.3, -0.25) is 4.98 Å². The number of fused-ring (bicyclic) bond motifs is 6. The van der Waals surface area contributed by atoms with Crippen LogP contribution >= 0.6 is 0 Å². The number of hydrogen-bond acceptors (Lipinski definition) is 4. The molecule has 28 heavy (non-hydrogen) atoms. The van der Waals surface area contributed by atoms with Crippen LogP contribution in [0, 0.1) is 13.7 Å². The zero-order chi connectivity index (χ0) is 23.8. The maximum atomic E-state index is 7.85. The minimum atomic E-state index is -2.61. The third-order valence-corrected chi connectivity index (χ3v) is 5.02. The van der Waals surface area contributed by atoms with Crippen LogP contribution in [0.3, 0.4) is 0 Å². The molecule has 0 atom stereocenters. The highest BCUT2D eigenvalue weighted by molar-refractivity contribution is 6.14. The van der Waals surface area contributed by atoms with E-state index in [4.69, 9.17) is 17.1 Å². The maximum absolute atomic E-state index is 7.85. The van der Waals surface area contributed by atoms with Gasteiger partial charge in [-0.25, -0.2) is 0 Å². The molecule has 0 saturated heterocycles. The van der Waals surface area contributed by atoms with Gasteiger partial charge in [0.2, 0.25) is 11.4 Å². The minimum Gasteiger partial charge on any atom is -0.438 e. The molecule has 0 bridgehead atoms. The summed E-state index contributed by atoms with van der Waals surface area (Å²) in [5.74, 6) is 0. The molecule has 4 aromatic heterocycles. The molecule has 4 heterocycles. The van der Waals surface area contributed by atoms with Crippen molar-refractivity contribution in [2.24, 2.45) is 0 Å². The van der Waals surface area contributed by atoms with E-state index in [1.54, 1.807) is 6.07 Å². The third-order valence-electron chi connectivity index (χ3n) is 5.02. The second-order valence-corrected chi connectivity index (χ2v) is 6.69. The Morgan fingerprint density at radius 2 is 1.61 bits per heavy atom. The van der Waals surface area contributed by atoms with Crippen LogP contribution in [0.25, 0.3) is 55.4 Å². The lowest BCUT2D eigenvalue weighted by molar-refractivity contribution is 0.632. The van der Waals surface area contributed by atoms with Gasteiger partial charge in [0.05, 0.1) is 5.69 Å². The van der Waals surface area contributed by atoms with Gasteiger partial charge in [0.15, 0.2) is 0 Å². The Labute approximate surface area is 168 Å².